The van der Waals surface area contributed by atoms with Crippen molar-refractivity contribution >= 4 is 29.4 Å². The third-order valence-electron chi connectivity index (χ3n) is 9.12. The van der Waals surface area contributed by atoms with E-state index in [9.17, 15) is 9.59 Å². The van der Waals surface area contributed by atoms with Crippen molar-refractivity contribution in [2.45, 2.75) is 66.2 Å². The molecule has 1 aliphatic carbocycles. The molecule has 1 aromatic heterocycles. The summed E-state index contributed by atoms with van der Waals surface area (Å²) in [5.74, 6) is 1.59. The molecule has 2 aliphatic heterocycles. The van der Waals surface area contributed by atoms with E-state index in [2.05, 4.69) is 58.8 Å². The first-order valence-corrected chi connectivity index (χ1v) is 15.9. The van der Waals surface area contributed by atoms with E-state index in [1.54, 1.807) is 35.5 Å². The molecule has 11 nitrogen and oxygen atoms in total. The number of nitrogens with one attached hydrogen (secondary N) is 1. The largest absolute Gasteiger partial charge is 0.489 e. The van der Waals surface area contributed by atoms with E-state index in [-0.39, 0.29) is 40.7 Å². The number of hydrogen-bond donors (Lipinski definition) is 1. The molecule has 2 amide bonds. The smallest absolute Gasteiger partial charge is 0.410 e. The van der Waals surface area contributed by atoms with Gasteiger partial charge in [-0.25, -0.2) is 14.8 Å². The molecule has 1 saturated carbocycles. The molecule has 242 valence electrons. The van der Waals surface area contributed by atoms with Crippen molar-refractivity contribution in [2.75, 3.05) is 50.7 Å². The molecule has 0 bridgehead atoms. The lowest BCUT2D eigenvalue weighted by Crippen LogP contribution is -2.74. The predicted octanol–water partition coefficient (Wildman–Crippen LogP) is 4.60. The van der Waals surface area contributed by atoms with E-state index in [0.717, 1.165) is 38.5 Å². The molecule has 45 heavy (non-hydrogen) atoms. The Morgan fingerprint density at radius 2 is 1.73 bits per heavy atom. The van der Waals surface area contributed by atoms with Gasteiger partial charge in [-0.2, -0.15) is 5.26 Å². The van der Waals surface area contributed by atoms with E-state index in [0.29, 0.717) is 35.3 Å². The molecule has 0 unspecified atom stereocenters. The Labute approximate surface area is 270 Å². The van der Waals surface area contributed by atoms with Crippen LogP contribution in [0.1, 0.15) is 64.5 Å². The van der Waals surface area contributed by atoms with Gasteiger partial charge in [0.05, 0.1) is 23.0 Å². The topological polar surface area (TPSA) is 124 Å². The average Bonchev–Trinajstić information content (AvgIpc) is 2.95. The molecule has 0 atom stereocenters. The van der Waals surface area contributed by atoms with Gasteiger partial charge in [0.2, 0.25) is 0 Å². The van der Waals surface area contributed by atoms with Gasteiger partial charge >= 0.3 is 6.09 Å². The predicted molar refractivity (Wildman–Crippen MR) is 171 cm³/mol. The lowest BCUT2D eigenvalue weighted by atomic mass is 9.49. The van der Waals surface area contributed by atoms with Gasteiger partial charge in [0.25, 0.3) is 5.91 Å². The number of hydrogen-bond acceptors (Lipinski definition) is 9. The maximum Gasteiger partial charge on any atom is 0.410 e. The van der Waals surface area contributed by atoms with Gasteiger partial charge in [-0.3, -0.25) is 9.69 Å². The number of benzene rings is 1. The van der Waals surface area contributed by atoms with E-state index >= 15 is 0 Å². The van der Waals surface area contributed by atoms with Gasteiger partial charge in [-0.1, -0.05) is 39.3 Å². The zero-order valence-electron chi connectivity index (χ0n) is 27.3. The molecule has 2 aromatic rings. The van der Waals surface area contributed by atoms with Crippen LogP contribution in [-0.4, -0.2) is 95.3 Å². The first kappa shape index (κ1) is 32.8. The summed E-state index contributed by atoms with van der Waals surface area (Å²) in [6, 6.07) is 6.94. The Morgan fingerprint density at radius 1 is 1.07 bits per heavy atom. The Morgan fingerprint density at radius 3 is 2.29 bits per heavy atom. The van der Waals surface area contributed by atoms with Gasteiger partial charge in [0.15, 0.2) is 0 Å². The summed E-state index contributed by atoms with van der Waals surface area (Å²) in [4.78, 5) is 40.9. The maximum atomic E-state index is 13.2. The van der Waals surface area contributed by atoms with E-state index in [1.165, 1.54) is 0 Å². The summed E-state index contributed by atoms with van der Waals surface area (Å²) in [5.41, 5.74) is -0.560. The van der Waals surface area contributed by atoms with Crippen LogP contribution in [0.4, 0.5) is 10.6 Å². The van der Waals surface area contributed by atoms with Crippen molar-refractivity contribution in [3.05, 3.63) is 46.9 Å². The standard InChI is InChI=1S/C33H44ClN7O4/c1-31(2,3)45-30(43)40-12-10-39(11-13-40)18-21-19-41(20-21)26-17-36-25(16-37-26)27(42)38-28-32(4,5)29(33(28,6)7)44-23-9-8-22(15-35)24(34)14-23/h8-9,14,16-17,21,28-29H,10-13,18-20H2,1-7H3,(H,38,42)/t28-,29-. The van der Waals surface area contributed by atoms with Crippen molar-refractivity contribution in [2.24, 2.45) is 16.7 Å². The number of carbonyl (C=O) groups is 2. The minimum absolute atomic E-state index is 0.167. The number of piperazine rings is 1. The lowest BCUT2D eigenvalue weighted by Gasteiger charge is -2.63. The number of halogens is 1. The van der Waals surface area contributed by atoms with Gasteiger partial charge in [0, 0.05) is 74.7 Å². The first-order valence-electron chi connectivity index (χ1n) is 15.5. The van der Waals surface area contributed by atoms with Crippen LogP contribution in [0.5, 0.6) is 5.75 Å². The highest BCUT2D eigenvalue weighted by atomic mass is 35.5. The monoisotopic (exact) mass is 637 g/mol. The zero-order valence-corrected chi connectivity index (χ0v) is 28.0. The zero-order chi connectivity index (χ0) is 32.7. The number of anilines is 1. The molecule has 3 fully saturated rings. The summed E-state index contributed by atoms with van der Waals surface area (Å²) in [5, 5.41) is 12.7. The average molecular weight is 638 g/mol. The molecule has 12 heteroatoms. The summed E-state index contributed by atoms with van der Waals surface area (Å²) in [6.07, 6.45) is 2.78. The molecule has 1 N–H and O–H groups in total. The van der Waals surface area contributed by atoms with Gasteiger partial charge in [-0.15, -0.1) is 0 Å². The number of ether oxygens (including phenoxy) is 2. The SMILES string of the molecule is CC(C)(C)OC(=O)N1CCN(CC2CN(c3cnc(C(=O)N[C@H]4C(C)(C)[C@H](Oc5ccc(C#N)c(Cl)c5)C4(C)C)cn3)C2)CC1. The normalized spacial score (nSPS) is 22.9. The van der Waals surface area contributed by atoms with Crippen LogP contribution in [0.2, 0.25) is 5.02 Å². The molecule has 3 heterocycles. The van der Waals surface area contributed by atoms with Crippen LogP contribution < -0.4 is 15.0 Å². The second kappa shape index (κ2) is 12.3. The number of nitriles is 1. The van der Waals surface area contributed by atoms with Crippen molar-refractivity contribution in [1.29, 1.82) is 5.26 Å². The second-order valence-corrected chi connectivity index (χ2v) is 15.0. The highest BCUT2D eigenvalue weighted by Gasteiger charge is 2.64. The van der Waals surface area contributed by atoms with Gasteiger partial charge in [0.1, 0.15) is 35.0 Å². The van der Waals surface area contributed by atoms with Crippen molar-refractivity contribution < 1.29 is 19.1 Å². The summed E-state index contributed by atoms with van der Waals surface area (Å²) in [7, 11) is 0. The Bertz CT molecular complexity index is 1440. The summed E-state index contributed by atoms with van der Waals surface area (Å²) < 4.78 is 11.8. The molecule has 0 radical (unpaired) electrons. The number of amides is 2. The third-order valence-corrected chi connectivity index (χ3v) is 9.44. The second-order valence-electron chi connectivity index (χ2n) is 14.6. The number of rotatable bonds is 7. The Kier molecular flexibility index (Phi) is 8.95. The molecule has 5 rings (SSSR count). The number of aromatic nitrogens is 2. The highest BCUT2D eigenvalue weighted by Crippen LogP contribution is 2.55. The Balaban J connectivity index is 1.08. The van der Waals surface area contributed by atoms with Crippen molar-refractivity contribution in [3.63, 3.8) is 0 Å². The Hall–Kier alpha value is -3.62. The fourth-order valence-electron chi connectivity index (χ4n) is 7.08. The van der Waals surface area contributed by atoms with Crippen LogP contribution in [0.25, 0.3) is 0 Å². The summed E-state index contributed by atoms with van der Waals surface area (Å²) in [6.45, 7) is 19.7. The minimum atomic E-state index is -0.483. The van der Waals surface area contributed by atoms with Crippen LogP contribution in [-0.2, 0) is 4.74 Å². The molecule has 1 aromatic carbocycles. The van der Waals surface area contributed by atoms with Crippen LogP contribution in [0, 0.1) is 28.1 Å². The van der Waals surface area contributed by atoms with Crippen molar-refractivity contribution in [1.82, 2.24) is 25.1 Å². The third kappa shape index (κ3) is 6.97. The molecule has 3 aliphatic rings. The number of carbonyl (C=O) groups excluding carboxylic acids is 2. The quantitative estimate of drug-likeness (QED) is 0.464. The fourth-order valence-corrected chi connectivity index (χ4v) is 7.29. The van der Waals surface area contributed by atoms with Gasteiger partial charge in [-0.05, 0) is 32.9 Å². The van der Waals surface area contributed by atoms with E-state index < -0.39 is 5.60 Å². The molecular weight excluding hydrogens is 594 g/mol. The van der Waals surface area contributed by atoms with Gasteiger partial charge < -0.3 is 24.6 Å². The fraction of sp³-hybridized carbons (Fsp3) is 0.606. The number of nitrogens with zero attached hydrogens (tertiary/aromatic N) is 6. The molecule has 0 spiro atoms. The summed E-state index contributed by atoms with van der Waals surface area (Å²) >= 11 is 6.21. The van der Waals surface area contributed by atoms with Crippen LogP contribution >= 0.6 is 11.6 Å². The lowest BCUT2D eigenvalue weighted by molar-refractivity contribution is -0.164. The highest BCUT2D eigenvalue weighted by molar-refractivity contribution is 6.31. The van der Waals surface area contributed by atoms with Crippen molar-refractivity contribution in [3.8, 4) is 11.8 Å². The minimum Gasteiger partial charge on any atom is -0.489 e. The maximum absolute atomic E-state index is 13.2. The molecule has 2 saturated heterocycles. The molecular formula is C33H44ClN7O4. The van der Waals surface area contributed by atoms with Crippen LogP contribution in [0.15, 0.2) is 30.6 Å². The van der Waals surface area contributed by atoms with Crippen LogP contribution in [0.3, 0.4) is 0 Å². The van der Waals surface area contributed by atoms with E-state index in [4.69, 9.17) is 26.3 Å². The van der Waals surface area contributed by atoms with E-state index in [1.807, 2.05) is 20.8 Å². The first-order chi connectivity index (χ1) is 21.1.